The van der Waals surface area contributed by atoms with Crippen LogP contribution in [0.1, 0.15) is 12.2 Å². The molecule has 0 bridgehead atoms. The predicted octanol–water partition coefficient (Wildman–Crippen LogP) is 1.62. The molecule has 1 aliphatic rings. The molecule has 2 heterocycles. The summed E-state index contributed by atoms with van der Waals surface area (Å²) >= 11 is 5.85. The molecule has 0 N–H and O–H groups in total. The summed E-state index contributed by atoms with van der Waals surface area (Å²) in [7, 11) is 0. The van der Waals surface area contributed by atoms with Crippen LogP contribution in [0.25, 0.3) is 0 Å². The molecule has 2 rings (SSSR count). The minimum atomic E-state index is -0.0394. The summed E-state index contributed by atoms with van der Waals surface area (Å²) in [5.74, 6) is 0.913. The van der Waals surface area contributed by atoms with Crippen molar-refractivity contribution in [2.45, 2.75) is 18.3 Å². The summed E-state index contributed by atoms with van der Waals surface area (Å²) in [6, 6.07) is 3.67. The van der Waals surface area contributed by atoms with Gasteiger partial charge in [-0.3, -0.25) is 4.79 Å². The Balaban J connectivity index is 1.99. The maximum absolute atomic E-state index is 11.3. The molecule has 1 atom stereocenters. The van der Waals surface area contributed by atoms with Crippen molar-refractivity contribution >= 4 is 17.5 Å². The largest absolute Gasteiger partial charge is 0.467 e. The Bertz CT molecular complexity index is 297. The fraction of sp³-hybridized carbons (Fsp3) is 0.444. The molecule has 1 amide bonds. The van der Waals surface area contributed by atoms with Gasteiger partial charge in [0.25, 0.3) is 0 Å². The van der Waals surface area contributed by atoms with Crippen LogP contribution in [0.2, 0.25) is 0 Å². The number of hydrogen-bond acceptors (Lipinski definition) is 2. The van der Waals surface area contributed by atoms with Crippen molar-refractivity contribution in [3.8, 4) is 0 Å². The molecule has 1 aromatic rings. The van der Waals surface area contributed by atoms with Crippen molar-refractivity contribution in [1.82, 2.24) is 4.90 Å². The molecule has 1 aromatic heterocycles. The standard InChI is InChI=1S/C9H10ClNO2/c10-7-4-9(12)11(5-7)6-8-2-1-3-13-8/h1-3,7H,4-6H2. The fourth-order valence-corrected chi connectivity index (χ4v) is 1.77. The highest BCUT2D eigenvalue weighted by Gasteiger charge is 2.28. The van der Waals surface area contributed by atoms with Crippen molar-refractivity contribution in [2.75, 3.05) is 6.54 Å². The zero-order valence-corrected chi connectivity index (χ0v) is 7.83. The van der Waals surface area contributed by atoms with Gasteiger partial charge in [-0.05, 0) is 12.1 Å². The van der Waals surface area contributed by atoms with Crippen LogP contribution in [-0.2, 0) is 11.3 Å². The third kappa shape index (κ3) is 1.86. The van der Waals surface area contributed by atoms with Gasteiger partial charge in [0.15, 0.2) is 0 Å². The van der Waals surface area contributed by atoms with Crippen molar-refractivity contribution in [1.29, 1.82) is 0 Å². The Morgan fingerprint density at radius 1 is 1.69 bits per heavy atom. The molecular weight excluding hydrogens is 190 g/mol. The summed E-state index contributed by atoms with van der Waals surface area (Å²) in [5, 5.41) is -0.0394. The average molecular weight is 200 g/mol. The van der Waals surface area contributed by atoms with Gasteiger partial charge < -0.3 is 9.32 Å². The van der Waals surface area contributed by atoms with Crippen molar-refractivity contribution in [2.24, 2.45) is 0 Å². The maximum atomic E-state index is 11.3. The van der Waals surface area contributed by atoms with Crippen molar-refractivity contribution in [3.63, 3.8) is 0 Å². The third-order valence-electron chi connectivity index (χ3n) is 2.09. The monoisotopic (exact) mass is 199 g/mol. The van der Waals surface area contributed by atoms with Crippen molar-refractivity contribution < 1.29 is 9.21 Å². The lowest BCUT2D eigenvalue weighted by Crippen LogP contribution is -2.24. The summed E-state index contributed by atoms with van der Waals surface area (Å²) < 4.78 is 5.14. The van der Waals surface area contributed by atoms with Gasteiger partial charge in [-0.15, -0.1) is 11.6 Å². The van der Waals surface area contributed by atoms with Crippen LogP contribution >= 0.6 is 11.6 Å². The number of carbonyl (C=O) groups excluding carboxylic acids is 1. The van der Waals surface area contributed by atoms with Crippen LogP contribution in [0, 0.1) is 0 Å². The quantitative estimate of drug-likeness (QED) is 0.679. The molecule has 0 radical (unpaired) electrons. The first-order valence-electron chi connectivity index (χ1n) is 4.20. The van der Waals surface area contributed by atoms with Gasteiger partial charge in [0.05, 0.1) is 18.2 Å². The molecule has 0 aromatic carbocycles. The second-order valence-electron chi connectivity index (χ2n) is 3.16. The Kier molecular flexibility index (Phi) is 2.27. The molecule has 1 aliphatic heterocycles. The number of halogens is 1. The van der Waals surface area contributed by atoms with Gasteiger partial charge in [-0.2, -0.15) is 0 Å². The highest BCUT2D eigenvalue weighted by Crippen LogP contribution is 2.18. The van der Waals surface area contributed by atoms with Gasteiger partial charge in [0.1, 0.15) is 5.76 Å². The van der Waals surface area contributed by atoms with E-state index in [1.807, 2.05) is 12.1 Å². The van der Waals surface area contributed by atoms with Gasteiger partial charge in [-0.1, -0.05) is 0 Å². The first-order valence-corrected chi connectivity index (χ1v) is 4.63. The highest BCUT2D eigenvalue weighted by atomic mass is 35.5. The normalized spacial score (nSPS) is 22.7. The first-order chi connectivity index (χ1) is 6.25. The van der Waals surface area contributed by atoms with E-state index in [9.17, 15) is 4.79 Å². The number of furan rings is 1. The van der Waals surface area contributed by atoms with Crippen LogP contribution in [0.15, 0.2) is 22.8 Å². The van der Waals surface area contributed by atoms with Crippen LogP contribution in [0.3, 0.4) is 0 Å². The van der Waals surface area contributed by atoms with E-state index >= 15 is 0 Å². The molecule has 70 valence electrons. The van der Waals surface area contributed by atoms with Gasteiger partial charge in [0.2, 0.25) is 5.91 Å². The third-order valence-corrected chi connectivity index (χ3v) is 2.39. The molecular formula is C9H10ClNO2. The van der Waals surface area contributed by atoms with E-state index < -0.39 is 0 Å². The zero-order chi connectivity index (χ0) is 9.26. The summed E-state index contributed by atoms with van der Waals surface area (Å²) in [6.45, 7) is 1.16. The Hall–Kier alpha value is -0.960. The van der Waals surface area contributed by atoms with Crippen molar-refractivity contribution in [3.05, 3.63) is 24.2 Å². The van der Waals surface area contributed by atoms with Gasteiger partial charge >= 0.3 is 0 Å². The minimum absolute atomic E-state index is 0.0394. The van der Waals surface area contributed by atoms with E-state index in [2.05, 4.69) is 0 Å². The van der Waals surface area contributed by atoms with Crippen LogP contribution in [0.4, 0.5) is 0 Å². The average Bonchev–Trinajstić information content (AvgIpc) is 2.63. The lowest BCUT2D eigenvalue weighted by atomic mass is 10.4. The van der Waals surface area contributed by atoms with Crippen LogP contribution in [-0.4, -0.2) is 22.7 Å². The SMILES string of the molecule is O=C1CC(Cl)CN1Cc1ccco1. The minimum Gasteiger partial charge on any atom is -0.467 e. The lowest BCUT2D eigenvalue weighted by Gasteiger charge is -2.13. The topological polar surface area (TPSA) is 33.5 Å². The van der Waals surface area contributed by atoms with Crippen LogP contribution < -0.4 is 0 Å². The summed E-state index contributed by atoms with van der Waals surface area (Å²) in [6.07, 6.45) is 2.05. The highest BCUT2D eigenvalue weighted by molar-refractivity contribution is 6.22. The van der Waals surface area contributed by atoms with Gasteiger partial charge in [0, 0.05) is 13.0 Å². The van der Waals surface area contributed by atoms with E-state index in [4.69, 9.17) is 16.0 Å². The van der Waals surface area contributed by atoms with Crippen LogP contribution in [0.5, 0.6) is 0 Å². The molecule has 0 saturated carbocycles. The molecule has 0 spiro atoms. The molecule has 4 heteroatoms. The van der Waals surface area contributed by atoms with E-state index in [1.165, 1.54) is 0 Å². The van der Waals surface area contributed by atoms with E-state index in [0.717, 1.165) is 5.76 Å². The second-order valence-corrected chi connectivity index (χ2v) is 3.77. The molecule has 13 heavy (non-hydrogen) atoms. The molecule has 1 unspecified atom stereocenters. The first kappa shape index (κ1) is 8.63. The number of amides is 1. The Morgan fingerprint density at radius 2 is 2.54 bits per heavy atom. The van der Waals surface area contributed by atoms with Gasteiger partial charge in [-0.25, -0.2) is 0 Å². The molecule has 1 fully saturated rings. The zero-order valence-electron chi connectivity index (χ0n) is 7.07. The fourth-order valence-electron chi connectivity index (χ4n) is 1.47. The molecule has 0 aliphatic carbocycles. The predicted molar refractivity (Wildman–Crippen MR) is 48.4 cm³/mol. The van der Waals surface area contributed by atoms with E-state index in [1.54, 1.807) is 11.2 Å². The maximum Gasteiger partial charge on any atom is 0.224 e. The smallest absolute Gasteiger partial charge is 0.224 e. The Morgan fingerprint density at radius 3 is 3.08 bits per heavy atom. The number of likely N-dealkylation sites (tertiary alicyclic amines) is 1. The van der Waals surface area contributed by atoms with E-state index in [-0.39, 0.29) is 11.3 Å². The number of nitrogens with zero attached hydrogens (tertiary/aromatic N) is 1. The summed E-state index contributed by atoms with van der Waals surface area (Å²) in [4.78, 5) is 13.0. The number of hydrogen-bond donors (Lipinski definition) is 0. The molecule has 3 nitrogen and oxygen atoms in total. The number of rotatable bonds is 2. The van der Waals surface area contributed by atoms with E-state index in [0.29, 0.717) is 19.5 Å². The summed E-state index contributed by atoms with van der Waals surface area (Å²) in [5.41, 5.74) is 0. The second kappa shape index (κ2) is 3.42. The Labute approximate surface area is 81.3 Å². The number of carbonyl (C=O) groups is 1. The molecule has 1 saturated heterocycles. The number of alkyl halides is 1. The lowest BCUT2D eigenvalue weighted by molar-refractivity contribution is -0.128.